The molecule has 118 valence electrons. The molecular weight excluding hydrogens is 322 g/mol. The van der Waals surface area contributed by atoms with Gasteiger partial charge in [-0.25, -0.2) is 17.9 Å². The Morgan fingerprint density at radius 1 is 1.33 bits per heavy atom. The van der Waals surface area contributed by atoms with Crippen molar-refractivity contribution < 1.29 is 28.2 Å². The highest BCUT2D eigenvalue weighted by molar-refractivity contribution is 7.89. The quantitative estimate of drug-likeness (QED) is 0.572. The van der Waals surface area contributed by atoms with Gasteiger partial charge < -0.3 is 14.9 Å². The van der Waals surface area contributed by atoms with Crippen LogP contribution in [-0.2, 0) is 14.8 Å². The molecule has 0 aliphatic rings. The summed E-state index contributed by atoms with van der Waals surface area (Å²) in [5.74, 6) is -1.30. The number of carboxylic acids is 1. The molecule has 1 rings (SSSR count). The first-order valence-corrected chi connectivity index (χ1v) is 7.95. The number of rotatable bonds is 9. The zero-order chi connectivity index (χ0) is 15.9. The molecule has 0 amide bonds. The molecular formula is C12H16ClNO6S. The zero-order valence-electron chi connectivity index (χ0n) is 11.1. The standard InChI is InChI=1S/C12H16ClNO6S/c13-11-3-2-9(8-10(11)12(16)17)21(18,19)14-4-1-6-20-7-5-15/h2-3,8,14-15H,1,4-7H2,(H,16,17). The van der Waals surface area contributed by atoms with Crippen LogP contribution in [0.4, 0.5) is 0 Å². The summed E-state index contributed by atoms with van der Waals surface area (Å²) in [5, 5.41) is 17.4. The Bertz CT molecular complexity index is 589. The third kappa shape index (κ3) is 5.60. The maximum absolute atomic E-state index is 12.0. The molecule has 0 heterocycles. The van der Waals surface area contributed by atoms with Crippen molar-refractivity contribution in [3.05, 3.63) is 28.8 Å². The lowest BCUT2D eigenvalue weighted by atomic mass is 10.2. The van der Waals surface area contributed by atoms with Crippen LogP contribution in [0.15, 0.2) is 23.1 Å². The fraction of sp³-hybridized carbons (Fsp3) is 0.417. The smallest absolute Gasteiger partial charge is 0.337 e. The van der Waals surface area contributed by atoms with Crippen LogP contribution in [0.25, 0.3) is 0 Å². The highest BCUT2D eigenvalue weighted by Crippen LogP contribution is 2.20. The summed E-state index contributed by atoms with van der Waals surface area (Å²) < 4.78 is 31.3. The van der Waals surface area contributed by atoms with Gasteiger partial charge in [0.25, 0.3) is 0 Å². The van der Waals surface area contributed by atoms with E-state index in [1.807, 2.05) is 0 Å². The molecule has 9 heteroatoms. The van der Waals surface area contributed by atoms with E-state index in [0.29, 0.717) is 13.0 Å². The lowest BCUT2D eigenvalue weighted by Crippen LogP contribution is -2.26. The summed E-state index contributed by atoms with van der Waals surface area (Å²) in [7, 11) is -3.80. The number of nitrogens with one attached hydrogen (secondary N) is 1. The first kappa shape index (κ1) is 17.9. The van der Waals surface area contributed by atoms with Crippen LogP contribution in [0, 0.1) is 0 Å². The first-order valence-electron chi connectivity index (χ1n) is 6.09. The number of carbonyl (C=O) groups is 1. The first-order chi connectivity index (χ1) is 9.88. The molecule has 1 aromatic rings. The lowest BCUT2D eigenvalue weighted by Gasteiger charge is -2.08. The van der Waals surface area contributed by atoms with E-state index in [-0.39, 0.29) is 35.2 Å². The maximum Gasteiger partial charge on any atom is 0.337 e. The van der Waals surface area contributed by atoms with E-state index in [1.165, 1.54) is 12.1 Å². The van der Waals surface area contributed by atoms with Gasteiger partial charge in [0.1, 0.15) is 0 Å². The van der Waals surface area contributed by atoms with Gasteiger partial charge in [0, 0.05) is 13.2 Å². The van der Waals surface area contributed by atoms with E-state index in [2.05, 4.69) is 4.72 Å². The van der Waals surface area contributed by atoms with Gasteiger partial charge in [-0.2, -0.15) is 0 Å². The van der Waals surface area contributed by atoms with E-state index in [4.69, 9.17) is 26.6 Å². The molecule has 0 fully saturated rings. The fourth-order valence-electron chi connectivity index (χ4n) is 1.47. The van der Waals surface area contributed by atoms with E-state index < -0.39 is 16.0 Å². The Labute approximate surface area is 127 Å². The van der Waals surface area contributed by atoms with Crippen LogP contribution >= 0.6 is 11.6 Å². The molecule has 0 aliphatic heterocycles. The van der Waals surface area contributed by atoms with Crippen LogP contribution in [0.3, 0.4) is 0 Å². The van der Waals surface area contributed by atoms with Gasteiger partial charge in [0.05, 0.1) is 28.7 Å². The van der Waals surface area contributed by atoms with Gasteiger partial charge >= 0.3 is 5.97 Å². The highest BCUT2D eigenvalue weighted by atomic mass is 35.5. The zero-order valence-corrected chi connectivity index (χ0v) is 12.7. The molecule has 3 N–H and O–H groups in total. The second-order valence-corrected chi connectivity index (χ2v) is 6.21. The molecule has 0 atom stereocenters. The number of aliphatic hydroxyl groups is 1. The van der Waals surface area contributed by atoms with Crippen molar-refractivity contribution in [2.24, 2.45) is 0 Å². The normalized spacial score (nSPS) is 11.5. The van der Waals surface area contributed by atoms with Gasteiger partial charge in [-0.15, -0.1) is 0 Å². The largest absolute Gasteiger partial charge is 0.478 e. The van der Waals surface area contributed by atoms with Gasteiger partial charge in [0.2, 0.25) is 10.0 Å². The van der Waals surface area contributed by atoms with Crippen molar-refractivity contribution in [2.45, 2.75) is 11.3 Å². The number of ether oxygens (including phenoxy) is 1. The minimum Gasteiger partial charge on any atom is -0.478 e. The summed E-state index contributed by atoms with van der Waals surface area (Å²) in [5.41, 5.74) is -0.272. The molecule has 0 aromatic heterocycles. The molecule has 21 heavy (non-hydrogen) atoms. The van der Waals surface area contributed by atoms with Crippen molar-refractivity contribution in [3.8, 4) is 0 Å². The molecule has 0 radical (unpaired) electrons. The van der Waals surface area contributed by atoms with Gasteiger partial charge in [-0.3, -0.25) is 0 Å². The van der Waals surface area contributed by atoms with E-state index >= 15 is 0 Å². The van der Waals surface area contributed by atoms with E-state index in [1.54, 1.807) is 0 Å². The molecule has 0 saturated heterocycles. The molecule has 1 aromatic carbocycles. The van der Waals surface area contributed by atoms with Gasteiger partial charge in [-0.1, -0.05) is 11.6 Å². The summed E-state index contributed by atoms with van der Waals surface area (Å²) in [4.78, 5) is 10.8. The lowest BCUT2D eigenvalue weighted by molar-refractivity contribution is 0.0697. The minimum atomic E-state index is -3.80. The number of hydrogen-bond donors (Lipinski definition) is 3. The molecule has 0 spiro atoms. The maximum atomic E-state index is 12.0. The summed E-state index contributed by atoms with van der Waals surface area (Å²) in [6.07, 6.45) is 0.429. The Balaban J connectivity index is 2.66. The van der Waals surface area contributed by atoms with Gasteiger partial charge in [-0.05, 0) is 24.6 Å². The summed E-state index contributed by atoms with van der Waals surface area (Å²) in [6.45, 7) is 0.559. The van der Waals surface area contributed by atoms with Crippen molar-refractivity contribution in [1.29, 1.82) is 0 Å². The number of sulfonamides is 1. The van der Waals surface area contributed by atoms with Crippen LogP contribution < -0.4 is 4.72 Å². The number of aromatic carboxylic acids is 1. The molecule has 0 aliphatic carbocycles. The number of aliphatic hydroxyl groups excluding tert-OH is 1. The average molecular weight is 338 g/mol. The Morgan fingerprint density at radius 3 is 2.67 bits per heavy atom. The van der Waals surface area contributed by atoms with Gasteiger partial charge in [0.15, 0.2) is 0 Å². The van der Waals surface area contributed by atoms with Crippen molar-refractivity contribution in [2.75, 3.05) is 26.4 Å². The van der Waals surface area contributed by atoms with Crippen molar-refractivity contribution in [3.63, 3.8) is 0 Å². The predicted octanol–water partition coefficient (Wildman–Crippen LogP) is 0.716. The van der Waals surface area contributed by atoms with Crippen LogP contribution in [-0.4, -0.2) is 51.0 Å². The highest BCUT2D eigenvalue weighted by Gasteiger charge is 2.17. The Hall–Kier alpha value is -1.19. The Morgan fingerprint density at radius 2 is 2.05 bits per heavy atom. The van der Waals surface area contributed by atoms with E-state index in [9.17, 15) is 13.2 Å². The minimum absolute atomic E-state index is 0.0288. The topological polar surface area (TPSA) is 113 Å². The molecule has 0 bridgehead atoms. The van der Waals surface area contributed by atoms with Crippen molar-refractivity contribution >= 4 is 27.6 Å². The number of carboxylic acid groups (broad SMARTS) is 1. The second-order valence-electron chi connectivity index (χ2n) is 4.03. The van der Waals surface area contributed by atoms with Crippen LogP contribution in [0.2, 0.25) is 5.02 Å². The van der Waals surface area contributed by atoms with Crippen LogP contribution in [0.5, 0.6) is 0 Å². The van der Waals surface area contributed by atoms with Crippen molar-refractivity contribution in [1.82, 2.24) is 4.72 Å². The number of hydrogen-bond acceptors (Lipinski definition) is 5. The average Bonchev–Trinajstić information content (AvgIpc) is 2.42. The molecule has 7 nitrogen and oxygen atoms in total. The SMILES string of the molecule is O=C(O)c1cc(S(=O)(=O)NCCCOCCO)ccc1Cl. The van der Waals surface area contributed by atoms with E-state index in [0.717, 1.165) is 6.07 Å². The fourth-order valence-corrected chi connectivity index (χ4v) is 2.76. The number of benzene rings is 1. The summed E-state index contributed by atoms with van der Waals surface area (Å²) >= 11 is 5.68. The summed E-state index contributed by atoms with van der Waals surface area (Å²) in [6, 6.07) is 3.47. The number of halogens is 1. The molecule has 0 unspecified atom stereocenters. The van der Waals surface area contributed by atoms with Crippen LogP contribution in [0.1, 0.15) is 16.8 Å². The predicted molar refractivity (Wildman–Crippen MR) is 76.1 cm³/mol. The third-order valence-electron chi connectivity index (χ3n) is 2.47. The second kappa shape index (κ2) is 8.30. The third-order valence-corrected chi connectivity index (χ3v) is 4.26. The Kier molecular flexibility index (Phi) is 7.06. The monoisotopic (exact) mass is 337 g/mol. The molecule has 0 saturated carbocycles.